The lowest BCUT2D eigenvalue weighted by Crippen LogP contribution is -2.11. The largest absolute Gasteiger partial charge is 0.392 e. The SMILES string of the molecule is Cc1nc2ccccc2c(N[C@H](C)c2cc(CO)ccc2F)c1Cl. The highest BCUT2D eigenvalue weighted by Crippen LogP contribution is 2.35. The molecule has 0 aliphatic carbocycles. The lowest BCUT2D eigenvalue weighted by molar-refractivity contribution is 0.281. The third-order valence-electron chi connectivity index (χ3n) is 4.07. The van der Waals surface area contributed by atoms with Crippen LogP contribution in [0.4, 0.5) is 10.1 Å². The van der Waals surface area contributed by atoms with Gasteiger partial charge >= 0.3 is 0 Å². The summed E-state index contributed by atoms with van der Waals surface area (Å²) in [5.41, 5.74) is 3.44. The Hall–Kier alpha value is -2.17. The molecule has 0 amide bonds. The summed E-state index contributed by atoms with van der Waals surface area (Å²) >= 11 is 6.44. The van der Waals surface area contributed by atoms with Crippen molar-refractivity contribution in [2.75, 3.05) is 5.32 Å². The number of hydrogen-bond acceptors (Lipinski definition) is 3. The lowest BCUT2D eigenvalue weighted by atomic mass is 10.0. The van der Waals surface area contributed by atoms with Crippen LogP contribution in [0, 0.1) is 12.7 Å². The van der Waals surface area contributed by atoms with Crippen molar-refractivity contribution in [2.45, 2.75) is 26.5 Å². The Morgan fingerprint density at radius 2 is 2.00 bits per heavy atom. The number of aliphatic hydroxyl groups excluding tert-OH is 1. The summed E-state index contributed by atoms with van der Waals surface area (Å²) in [6.07, 6.45) is 0. The minimum absolute atomic E-state index is 0.127. The number of hydrogen-bond donors (Lipinski definition) is 2. The molecule has 2 aromatic carbocycles. The summed E-state index contributed by atoms with van der Waals surface area (Å²) < 4.78 is 14.2. The number of rotatable bonds is 4. The first-order valence-electron chi connectivity index (χ1n) is 7.72. The minimum Gasteiger partial charge on any atom is -0.392 e. The second-order valence-electron chi connectivity index (χ2n) is 5.78. The van der Waals surface area contributed by atoms with Crippen molar-refractivity contribution >= 4 is 28.2 Å². The molecule has 0 fully saturated rings. The highest BCUT2D eigenvalue weighted by molar-refractivity contribution is 6.35. The van der Waals surface area contributed by atoms with Crippen molar-refractivity contribution in [1.82, 2.24) is 4.98 Å². The number of nitrogens with one attached hydrogen (secondary N) is 1. The molecule has 1 atom stereocenters. The Balaban J connectivity index is 2.05. The fourth-order valence-corrected chi connectivity index (χ4v) is 2.97. The van der Waals surface area contributed by atoms with E-state index >= 15 is 0 Å². The molecule has 124 valence electrons. The highest BCUT2D eigenvalue weighted by atomic mass is 35.5. The molecular weight excluding hydrogens is 327 g/mol. The molecule has 0 bridgehead atoms. The number of pyridine rings is 1. The van der Waals surface area contributed by atoms with Gasteiger partial charge in [-0.15, -0.1) is 0 Å². The molecule has 1 heterocycles. The zero-order valence-corrected chi connectivity index (χ0v) is 14.2. The maximum absolute atomic E-state index is 14.2. The zero-order chi connectivity index (χ0) is 17.3. The topological polar surface area (TPSA) is 45.2 Å². The Morgan fingerprint density at radius 1 is 1.25 bits per heavy atom. The van der Waals surface area contributed by atoms with Crippen LogP contribution in [0.1, 0.15) is 29.8 Å². The van der Waals surface area contributed by atoms with Crippen LogP contribution in [-0.4, -0.2) is 10.1 Å². The molecule has 0 saturated heterocycles. The first kappa shape index (κ1) is 16.7. The van der Waals surface area contributed by atoms with E-state index in [1.165, 1.54) is 6.07 Å². The van der Waals surface area contributed by atoms with Crippen LogP contribution in [0.2, 0.25) is 5.02 Å². The number of aryl methyl sites for hydroxylation is 1. The number of nitrogens with zero attached hydrogens (tertiary/aromatic N) is 1. The van der Waals surface area contributed by atoms with Gasteiger partial charge in [0, 0.05) is 10.9 Å². The summed E-state index contributed by atoms with van der Waals surface area (Å²) in [5, 5.41) is 14.0. The van der Waals surface area contributed by atoms with Gasteiger partial charge in [-0.3, -0.25) is 4.98 Å². The number of halogens is 2. The average Bonchev–Trinajstić information content (AvgIpc) is 2.59. The molecule has 0 aliphatic rings. The van der Waals surface area contributed by atoms with Crippen molar-refractivity contribution in [1.29, 1.82) is 0 Å². The van der Waals surface area contributed by atoms with Gasteiger partial charge in [-0.2, -0.15) is 0 Å². The van der Waals surface area contributed by atoms with Crippen LogP contribution in [0.25, 0.3) is 10.9 Å². The Kier molecular flexibility index (Phi) is 4.69. The van der Waals surface area contributed by atoms with E-state index in [4.69, 9.17) is 11.6 Å². The number of fused-ring (bicyclic) bond motifs is 1. The molecule has 0 unspecified atom stereocenters. The van der Waals surface area contributed by atoms with Gasteiger partial charge in [0.25, 0.3) is 0 Å². The predicted octanol–water partition coefficient (Wildman–Crippen LogP) is 5.00. The standard InChI is InChI=1S/C19H18ClFN2O/c1-11(15-9-13(10-24)7-8-16(15)21)23-19-14-5-3-4-6-17(14)22-12(2)18(19)20/h3-9,11,24H,10H2,1-2H3,(H,22,23)/t11-/m1/s1. The van der Waals surface area contributed by atoms with Crippen LogP contribution in [0.5, 0.6) is 0 Å². The van der Waals surface area contributed by atoms with Crippen LogP contribution in [-0.2, 0) is 6.61 Å². The molecule has 1 aromatic heterocycles. The molecule has 2 N–H and O–H groups in total. The smallest absolute Gasteiger partial charge is 0.128 e. The predicted molar refractivity (Wildman–Crippen MR) is 95.9 cm³/mol. The fourth-order valence-electron chi connectivity index (χ4n) is 2.77. The van der Waals surface area contributed by atoms with E-state index in [0.29, 0.717) is 16.1 Å². The Morgan fingerprint density at radius 3 is 2.75 bits per heavy atom. The van der Waals surface area contributed by atoms with Crippen LogP contribution >= 0.6 is 11.6 Å². The van der Waals surface area contributed by atoms with Gasteiger partial charge in [0.05, 0.1) is 34.6 Å². The van der Waals surface area contributed by atoms with E-state index in [2.05, 4.69) is 10.3 Å². The first-order chi connectivity index (χ1) is 11.5. The van der Waals surface area contributed by atoms with Crippen molar-refractivity contribution < 1.29 is 9.50 Å². The highest BCUT2D eigenvalue weighted by Gasteiger charge is 2.16. The molecular formula is C19H18ClFN2O. The zero-order valence-electron chi connectivity index (χ0n) is 13.5. The van der Waals surface area contributed by atoms with E-state index in [1.807, 2.05) is 38.1 Å². The number of anilines is 1. The van der Waals surface area contributed by atoms with Crippen LogP contribution in [0.3, 0.4) is 0 Å². The lowest BCUT2D eigenvalue weighted by Gasteiger charge is -2.20. The summed E-state index contributed by atoms with van der Waals surface area (Å²) in [6, 6.07) is 12.0. The average molecular weight is 345 g/mol. The van der Waals surface area contributed by atoms with E-state index in [-0.39, 0.29) is 18.5 Å². The van der Waals surface area contributed by atoms with Crippen molar-refractivity contribution in [3.63, 3.8) is 0 Å². The third kappa shape index (κ3) is 3.07. The second-order valence-corrected chi connectivity index (χ2v) is 6.16. The number of aromatic nitrogens is 1. The fraction of sp³-hybridized carbons (Fsp3) is 0.211. The monoisotopic (exact) mass is 344 g/mol. The van der Waals surface area contributed by atoms with Gasteiger partial charge in [0.1, 0.15) is 5.82 Å². The first-order valence-corrected chi connectivity index (χ1v) is 8.09. The molecule has 5 heteroatoms. The summed E-state index contributed by atoms with van der Waals surface area (Å²) in [5.74, 6) is -0.321. The van der Waals surface area contributed by atoms with Crippen molar-refractivity contribution in [2.24, 2.45) is 0 Å². The summed E-state index contributed by atoms with van der Waals surface area (Å²) in [7, 11) is 0. The van der Waals surface area contributed by atoms with Gasteiger partial charge in [-0.05, 0) is 37.6 Å². The van der Waals surface area contributed by atoms with Gasteiger partial charge < -0.3 is 10.4 Å². The molecule has 0 radical (unpaired) electrons. The second kappa shape index (κ2) is 6.75. The van der Waals surface area contributed by atoms with Gasteiger partial charge in [-0.25, -0.2) is 4.39 Å². The Labute approximate surface area is 145 Å². The van der Waals surface area contributed by atoms with E-state index in [9.17, 15) is 9.50 Å². The number of aliphatic hydroxyl groups is 1. The summed E-state index contributed by atoms with van der Waals surface area (Å²) in [6.45, 7) is 3.58. The van der Waals surface area contributed by atoms with Crippen LogP contribution < -0.4 is 5.32 Å². The molecule has 24 heavy (non-hydrogen) atoms. The Bertz CT molecular complexity index is 898. The van der Waals surface area contributed by atoms with Gasteiger partial charge in [-0.1, -0.05) is 35.9 Å². The normalized spacial score (nSPS) is 12.4. The van der Waals surface area contributed by atoms with E-state index < -0.39 is 0 Å². The molecule has 3 rings (SSSR count). The van der Waals surface area contributed by atoms with Crippen molar-refractivity contribution in [3.8, 4) is 0 Å². The van der Waals surface area contributed by atoms with E-state index in [0.717, 1.165) is 22.3 Å². The van der Waals surface area contributed by atoms with E-state index in [1.54, 1.807) is 12.1 Å². The maximum atomic E-state index is 14.2. The number of benzene rings is 2. The number of para-hydroxylation sites is 1. The quantitative estimate of drug-likeness (QED) is 0.700. The molecule has 0 aliphatic heterocycles. The molecule has 0 saturated carbocycles. The summed E-state index contributed by atoms with van der Waals surface area (Å²) in [4.78, 5) is 4.48. The van der Waals surface area contributed by atoms with Gasteiger partial charge in [0.2, 0.25) is 0 Å². The van der Waals surface area contributed by atoms with Crippen LogP contribution in [0.15, 0.2) is 42.5 Å². The third-order valence-corrected chi connectivity index (χ3v) is 4.53. The molecule has 3 aromatic rings. The van der Waals surface area contributed by atoms with Crippen molar-refractivity contribution in [3.05, 3.63) is 70.1 Å². The maximum Gasteiger partial charge on any atom is 0.128 e. The van der Waals surface area contributed by atoms with Gasteiger partial charge in [0.15, 0.2) is 0 Å². The molecule has 3 nitrogen and oxygen atoms in total. The minimum atomic E-state index is -0.321. The molecule has 0 spiro atoms.